The van der Waals surface area contributed by atoms with Crippen LogP contribution in [0.2, 0.25) is 0 Å². The summed E-state index contributed by atoms with van der Waals surface area (Å²) in [5, 5.41) is 0. The second-order valence-corrected chi connectivity index (χ2v) is 5.10. The SMILES string of the molecule is COC(=O)c1cc(OC)c(OCc2ccccc2)cc1Br. The number of carbonyl (C=O) groups is 1. The van der Waals surface area contributed by atoms with E-state index in [-0.39, 0.29) is 0 Å². The van der Waals surface area contributed by atoms with Gasteiger partial charge in [-0.1, -0.05) is 30.3 Å². The topological polar surface area (TPSA) is 44.8 Å². The molecule has 4 nitrogen and oxygen atoms in total. The van der Waals surface area contributed by atoms with E-state index in [1.54, 1.807) is 12.1 Å². The van der Waals surface area contributed by atoms with Gasteiger partial charge in [0.05, 0.1) is 19.8 Å². The number of benzene rings is 2. The van der Waals surface area contributed by atoms with Crippen LogP contribution in [0, 0.1) is 0 Å². The van der Waals surface area contributed by atoms with E-state index in [1.165, 1.54) is 14.2 Å². The third-order valence-corrected chi connectivity index (χ3v) is 3.55. The fourth-order valence-corrected chi connectivity index (χ4v) is 2.29. The van der Waals surface area contributed by atoms with Crippen LogP contribution >= 0.6 is 15.9 Å². The lowest BCUT2D eigenvalue weighted by Crippen LogP contribution is -2.04. The average Bonchev–Trinajstić information content (AvgIpc) is 2.53. The molecular weight excluding hydrogens is 336 g/mol. The Morgan fingerprint density at radius 3 is 2.43 bits per heavy atom. The van der Waals surface area contributed by atoms with E-state index in [0.717, 1.165) is 5.56 Å². The quantitative estimate of drug-likeness (QED) is 0.769. The van der Waals surface area contributed by atoms with E-state index in [4.69, 9.17) is 14.2 Å². The van der Waals surface area contributed by atoms with Gasteiger partial charge in [0.15, 0.2) is 11.5 Å². The first-order valence-corrected chi connectivity index (χ1v) is 7.07. The summed E-state index contributed by atoms with van der Waals surface area (Å²) in [6.45, 7) is 0.418. The van der Waals surface area contributed by atoms with E-state index < -0.39 is 5.97 Å². The molecule has 2 aromatic carbocycles. The van der Waals surface area contributed by atoms with Crippen LogP contribution in [0.3, 0.4) is 0 Å². The molecule has 0 atom stereocenters. The van der Waals surface area contributed by atoms with Crippen LogP contribution in [0.4, 0.5) is 0 Å². The van der Waals surface area contributed by atoms with Gasteiger partial charge in [-0.15, -0.1) is 0 Å². The zero-order chi connectivity index (χ0) is 15.2. The van der Waals surface area contributed by atoms with Crippen LogP contribution in [0.1, 0.15) is 15.9 Å². The molecule has 0 heterocycles. The molecule has 0 fully saturated rings. The van der Waals surface area contributed by atoms with Gasteiger partial charge in [-0.3, -0.25) is 0 Å². The number of hydrogen-bond acceptors (Lipinski definition) is 4. The molecule has 110 valence electrons. The lowest BCUT2D eigenvalue weighted by Gasteiger charge is -2.13. The standard InChI is InChI=1S/C16H15BrO4/c1-19-14-8-12(16(18)20-2)13(17)9-15(14)21-10-11-6-4-3-5-7-11/h3-9H,10H2,1-2H3. The number of hydrogen-bond donors (Lipinski definition) is 0. The van der Waals surface area contributed by atoms with Crippen LogP contribution in [-0.4, -0.2) is 20.2 Å². The minimum atomic E-state index is -0.435. The highest BCUT2D eigenvalue weighted by Crippen LogP contribution is 2.34. The van der Waals surface area contributed by atoms with Crippen LogP contribution in [0.5, 0.6) is 11.5 Å². The zero-order valence-corrected chi connectivity index (χ0v) is 13.3. The zero-order valence-electron chi connectivity index (χ0n) is 11.8. The van der Waals surface area contributed by atoms with Crippen molar-refractivity contribution >= 4 is 21.9 Å². The Bertz CT molecular complexity index is 626. The molecular formula is C16H15BrO4. The van der Waals surface area contributed by atoms with Crippen LogP contribution in [-0.2, 0) is 11.3 Å². The highest BCUT2D eigenvalue weighted by molar-refractivity contribution is 9.10. The van der Waals surface area contributed by atoms with Gasteiger partial charge in [0, 0.05) is 4.47 Å². The lowest BCUT2D eigenvalue weighted by atomic mass is 10.2. The van der Waals surface area contributed by atoms with Crippen LogP contribution in [0.15, 0.2) is 46.9 Å². The van der Waals surface area contributed by atoms with Crippen molar-refractivity contribution in [1.29, 1.82) is 0 Å². The molecule has 0 aliphatic heterocycles. The van der Waals surface area contributed by atoms with Gasteiger partial charge in [0.2, 0.25) is 0 Å². The Morgan fingerprint density at radius 1 is 1.10 bits per heavy atom. The molecule has 0 unspecified atom stereocenters. The Hall–Kier alpha value is -2.01. The number of halogens is 1. The van der Waals surface area contributed by atoms with Crippen molar-refractivity contribution in [2.45, 2.75) is 6.61 Å². The third kappa shape index (κ3) is 3.76. The van der Waals surface area contributed by atoms with Crippen LogP contribution in [0.25, 0.3) is 0 Å². The number of ether oxygens (including phenoxy) is 3. The molecule has 0 aliphatic carbocycles. The van der Waals surface area contributed by atoms with Crippen molar-refractivity contribution in [3.05, 3.63) is 58.1 Å². The first-order chi connectivity index (χ1) is 10.2. The summed E-state index contributed by atoms with van der Waals surface area (Å²) < 4.78 is 16.3. The van der Waals surface area contributed by atoms with Crippen molar-refractivity contribution in [1.82, 2.24) is 0 Å². The normalized spacial score (nSPS) is 10.0. The summed E-state index contributed by atoms with van der Waals surface area (Å²) in [6, 6.07) is 13.1. The molecule has 0 saturated heterocycles. The number of methoxy groups -OCH3 is 2. The summed E-state index contributed by atoms with van der Waals surface area (Å²) in [5.41, 5.74) is 1.44. The summed E-state index contributed by atoms with van der Waals surface area (Å²) in [6.07, 6.45) is 0. The van der Waals surface area contributed by atoms with Gasteiger partial charge in [-0.05, 0) is 33.6 Å². The first kappa shape index (κ1) is 15.4. The van der Waals surface area contributed by atoms with Crippen LogP contribution < -0.4 is 9.47 Å². The van der Waals surface area contributed by atoms with Crippen molar-refractivity contribution in [3.63, 3.8) is 0 Å². The molecule has 0 spiro atoms. The van der Waals surface area contributed by atoms with Gasteiger partial charge >= 0.3 is 5.97 Å². The second kappa shape index (κ2) is 7.13. The molecule has 0 N–H and O–H groups in total. The fraction of sp³-hybridized carbons (Fsp3) is 0.188. The third-order valence-electron chi connectivity index (χ3n) is 2.90. The molecule has 0 saturated carbocycles. The molecule has 0 aliphatic rings. The van der Waals surface area contributed by atoms with E-state index in [1.807, 2.05) is 30.3 Å². The minimum Gasteiger partial charge on any atom is -0.493 e. The maximum Gasteiger partial charge on any atom is 0.339 e. The number of carbonyl (C=O) groups excluding carboxylic acids is 1. The minimum absolute atomic E-state index is 0.390. The van der Waals surface area contributed by atoms with E-state index in [2.05, 4.69) is 15.9 Å². The number of rotatable bonds is 5. The Morgan fingerprint density at radius 2 is 1.81 bits per heavy atom. The fourth-order valence-electron chi connectivity index (χ4n) is 1.81. The molecule has 2 rings (SSSR count). The molecule has 0 radical (unpaired) electrons. The largest absolute Gasteiger partial charge is 0.493 e. The molecule has 0 bridgehead atoms. The molecule has 0 aromatic heterocycles. The average molecular weight is 351 g/mol. The van der Waals surface area contributed by atoms with E-state index >= 15 is 0 Å². The molecule has 21 heavy (non-hydrogen) atoms. The highest BCUT2D eigenvalue weighted by atomic mass is 79.9. The summed E-state index contributed by atoms with van der Waals surface area (Å²) in [4.78, 5) is 11.6. The van der Waals surface area contributed by atoms with Crippen molar-refractivity contribution in [2.75, 3.05) is 14.2 Å². The highest BCUT2D eigenvalue weighted by Gasteiger charge is 2.16. The van der Waals surface area contributed by atoms with Crippen molar-refractivity contribution < 1.29 is 19.0 Å². The van der Waals surface area contributed by atoms with Gasteiger partial charge in [0.1, 0.15) is 6.61 Å². The maximum atomic E-state index is 11.6. The molecule has 5 heteroatoms. The van der Waals surface area contributed by atoms with E-state index in [9.17, 15) is 4.79 Å². The Kier molecular flexibility index (Phi) is 5.22. The Balaban J connectivity index is 2.23. The maximum absolute atomic E-state index is 11.6. The van der Waals surface area contributed by atoms with Gasteiger partial charge in [-0.25, -0.2) is 4.79 Å². The smallest absolute Gasteiger partial charge is 0.339 e. The predicted octanol–water partition coefficient (Wildman–Crippen LogP) is 3.82. The monoisotopic (exact) mass is 350 g/mol. The van der Waals surface area contributed by atoms with Gasteiger partial charge < -0.3 is 14.2 Å². The van der Waals surface area contributed by atoms with Crippen molar-refractivity contribution in [3.8, 4) is 11.5 Å². The van der Waals surface area contributed by atoms with Gasteiger partial charge in [-0.2, -0.15) is 0 Å². The summed E-state index contributed by atoms with van der Waals surface area (Å²) >= 11 is 3.34. The lowest BCUT2D eigenvalue weighted by molar-refractivity contribution is 0.0599. The Labute approximate surface area is 131 Å². The summed E-state index contributed by atoms with van der Waals surface area (Å²) in [7, 11) is 2.86. The first-order valence-electron chi connectivity index (χ1n) is 6.28. The van der Waals surface area contributed by atoms with E-state index in [0.29, 0.717) is 28.1 Å². The van der Waals surface area contributed by atoms with Crippen molar-refractivity contribution in [2.24, 2.45) is 0 Å². The van der Waals surface area contributed by atoms with Gasteiger partial charge in [0.25, 0.3) is 0 Å². The second-order valence-electron chi connectivity index (χ2n) is 4.25. The molecule has 0 amide bonds. The number of esters is 1. The predicted molar refractivity (Wildman–Crippen MR) is 82.8 cm³/mol. The molecule has 2 aromatic rings. The summed E-state index contributed by atoms with van der Waals surface area (Å²) in [5.74, 6) is 0.602.